The second-order valence-electron chi connectivity index (χ2n) is 6.00. The maximum Gasteiger partial charge on any atom is 0.261 e. The summed E-state index contributed by atoms with van der Waals surface area (Å²) in [4.78, 5) is 14.5. The van der Waals surface area contributed by atoms with Gasteiger partial charge in [0.25, 0.3) is 5.91 Å². The largest absolute Gasteiger partial charge is 0.496 e. The van der Waals surface area contributed by atoms with Gasteiger partial charge in [0.1, 0.15) is 22.7 Å². The van der Waals surface area contributed by atoms with Crippen molar-refractivity contribution < 1.29 is 28.1 Å². The summed E-state index contributed by atoms with van der Waals surface area (Å²) in [6.07, 6.45) is 0. The maximum atomic E-state index is 13.0. The number of methoxy groups -OCH3 is 3. The lowest BCUT2D eigenvalue weighted by molar-refractivity contribution is -0.133. The Morgan fingerprint density at radius 3 is 2.36 bits per heavy atom. The highest BCUT2D eigenvalue weighted by Gasteiger charge is 2.33. The van der Waals surface area contributed by atoms with E-state index in [0.717, 1.165) is 11.3 Å². The zero-order valence-corrected chi connectivity index (χ0v) is 16.8. The van der Waals surface area contributed by atoms with E-state index in [9.17, 15) is 9.18 Å². The SMILES string of the molecule is COc1cc(OC)c(C2SCCN2C(=O)COc2ccc(F)cc2)cc1OC. The summed E-state index contributed by atoms with van der Waals surface area (Å²) in [5.41, 5.74) is 0.831. The number of nitrogens with zero attached hydrogens (tertiary/aromatic N) is 1. The Hall–Kier alpha value is -2.61. The Labute approximate surface area is 167 Å². The van der Waals surface area contributed by atoms with Crippen molar-refractivity contribution in [2.75, 3.05) is 40.2 Å². The van der Waals surface area contributed by atoms with Crippen LogP contribution in [0, 0.1) is 5.82 Å². The van der Waals surface area contributed by atoms with Crippen LogP contribution in [0.3, 0.4) is 0 Å². The van der Waals surface area contributed by atoms with Gasteiger partial charge in [-0.25, -0.2) is 4.39 Å². The molecular formula is C20H22FNO5S. The Balaban J connectivity index is 1.78. The third-order valence-corrected chi connectivity index (χ3v) is 5.63. The van der Waals surface area contributed by atoms with E-state index in [1.165, 1.54) is 24.3 Å². The first-order valence-corrected chi connectivity index (χ1v) is 9.71. The van der Waals surface area contributed by atoms with Crippen molar-refractivity contribution in [2.24, 2.45) is 0 Å². The highest BCUT2D eigenvalue weighted by molar-refractivity contribution is 7.99. The molecule has 1 saturated heterocycles. The summed E-state index contributed by atoms with van der Waals surface area (Å²) >= 11 is 1.64. The van der Waals surface area contributed by atoms with Crippen LogP contribution in [0.15, 0.2) is 36.4 Å². The zero-order chi connectivity index (χ0) is 20.1. The number of carbonyl (C=O) groups excluding carboxylic acids is 1. The van der Waals surface area contributed by atoms with Crippen LogP contribution < -0.4 is 18.9 Å². The Kier molecular flexibility index (Phi) is 6.51. The number of hydrogen-bond donors (Lipinski definition) is 0. The number of benzene rings is 2. The van der Waals surface area contributed by atoms with Gasteiger partial charge < -0.3 is 23.8 Å². The average molecular weight is 407 g/mol. The molecule has 8 heteroatoms. The molecule has 0 saturated carbocycles. The molecule has 1 amide bonds. The van der Waals surface area contributed by atoms with Gasteiger partial charge in [0.05, 0.1) is 21.3 Å². The van der Waals surface area contributed by atoms with Crippen LogP contribution in [-0.2, 0) is 4.79 Å². The van der Waals surface area contributed by atoms with Crippen molar-refractivity contribution in [3.63, 3.8) is 0 Å². The van der Waals surface area contributed by atoms with Gasteiger partial charge in [0.2, 0.25) is 0 Å². The van der Waals surface area contributed by atoms with E-state index in [1.807, 2.05) is 6.07 Å². The van der Waals surface area contributed by atoms with Crippen LogP contribution in [0.2, 0.25) is 0 Å². The van der Waals surface area contributed by atoms with Gasteiger partial charge >= 0.3 is 0 Å². The van der Waals surface area contributed by atoms with E-state index in [-0.39, 0.29) is 23.7 Å². The van der Waals surface area contributed by atoms with Gasteiger partial charge in [-0.1, -0.05) is 0 Å². The molecule has 150 valence electrons. The van der Waals surface area contributed by atoms with E-state index in [1.54, 1.807) is 44.1 Å². The first-order valence-electron chi connectivity index (χ1n) is 8.66. The number of amides is 1. The second kappa shape index (κ2) is 9.05. The molecule has 1 aliphatic rings. The minimum Gasteiger partial charge on any atom is -0.496 e. The van der Waals surface area contributed by atoms with Gasteiger partial charge in [-0.2, -0.15) is 0 Å². The molecular weight excluding hydrogens is 385 g/mol. The molecule has 0 spiro atoms. The molecule has 0 aliphatic carbocycles. The summed E-state index contributed by atoms with van der Waals surface area (Å²) in [7, 11) is 4.70. The standard InChI is InChI=1S/C20H22FNO5S/c1-24-16-11-18(26-3)17(25-2)10-15(16)20-22(8-9-28-20)19(23)12-27-14-6-4-13(21)5-7-14/h4-7,10-11,20H,8-9,12H2,1-3H3. The van der Waals surface area contributed by atoms with Crippen molar-refractivity contribution in [1.82, 2.24) is 4.90 Å². The van der Waals surface area contributed by atoms with Crippen LogP contribution in [0.4, 0.5) is 4.39 Å². The Morgan fingerprint density at radius 2 is 1.71 bits per heavy atom. The minimum absolute atomic E-state index is 0.127. The van der Waals surface area contributed by atoms with Crippen LogP contribution in [0.25, 0.3) is 0 Å². The van der Waals surface area contributed by atoms with Crippen LogP contribution in [0.5, 0.6) is 23.0 Å². The zero-order valence-electron chi connectivity index (χ0n) is 15.9. The fraction of sp³-hybridized carbons (Fsp3) is 0.350. The van der Waals surface area contributed by atoms with Crippen LogP contribution in [0.1, 0.15) is 10.9 Å². The van der Waals surface area contributed by atoms with Crippen LogP contribution in [-0.4, -0.2) is 51.0 Å². The van der Waals surface area contributed by atoms with Crippen LogP contribution >= 0.6 is 11.8 Å². The number of hydrogen-bond acceptors (Lipinski definition) is 6. The number of halogens is 1. The molecule has 6 nitrogen and oxygen atoms in total. The molecule has 1 atom stereocenters. The predicted octanol–water partition coefficient (Wildman–Crippen LogP) is 3.50. The summed E-state index contributed by atoms with van der Waals surface area (Å²) in [5, 5.41) is -0.223. The highest BCUT2D eigenvalue weighted by Crippen LogP contribution is 2.46. The monoisotopic (exact) mass is 407 g/mol. The van der Waals surface area contributed by atoms with Gasteiger partial charge in [0.15, 0.2) is 18.1 Å². The molecule has 0 N–H and O–H groups in total. The van der Waals surface area contributed by atoms with E-state index in [4.69, 9.17) is 18.9 Å². The number of rotatable bonds is 7. The van der Waals surface area contributed by atoms with Gasteiger partial charge in [-0.3, -0.25) is 4.79 Å². The summed E-state index contributed by atoms with van der Waals surface area (Å²) in [6.45, 7) is 0.469. The van der Waals surface area contributed by atoms with Crippen molar-refractivity contribution in [3.8, 4) is 23.0 Å². The molecule has 2 aromatic carbocycles. The van der Waals surface area contributed by atoms with Crippen molar-refractivity contribution >= 4 is 17.7 Å². The van der Waals surface area contributed by atoms with Crippen molar-refractivity contribution in [3.05, 3.63) is 47.8 Å². The molecule has 28 heavy (non-hydrogen) atoms. The molecule has 0 aromatic heterocycles. The Bertz CT molecular complexity index is 830. The Morgan fingerprint density at radius 1 is 1.07 bits per heavy atom. The molecule has 1 unspecified atom stereocenters. The molecule has 2 aromatic rings. The lowest BCUT2D eigenvalue weighted by Crippen LogP contribution is -2.34. The number of carbonyl (C=O) groups is 1. The molecule has 1 aliphatic heterocycles. The number of thioether (sulfide) groups is 1. The third-order valence-electron chi connectivity index (χ3n) is 4.39. The molecule has 0 bridgehead atoms. The smallest absolute Gasteiger partial charge is 0.261 e. The predicted molar refractivity (Wildman–Crippen MR) is 105 cm³/mol. The summed E-state index contributed by atoms with van der Waals surface area (Å²) in [5.74, 6) is 2.48. The second-order valence-corrected chi connectivity index (χ2v) is 7.19. The molecule has 1 fully saturated rings. The summed E-state index contributed by atoms with van der Waals surface area (Å²) < 4.78 is 34.7. The fourth-order valence-electron chi connectivity index (χ4n) is 2.99. The third kappa shape index (κ3) is 4.27. The maximum absolute atomic E-state index is 13.0. The van der Waals surface area contributed by atoms with E-state index < -0.39 is 0 Å². The van der Waals surface area contributed by atoms with Gasteiger partial charge in [-0.15, -0.1) is 11.8 Å². The summed E-state index contributed by atoms with van der Waals surface area (Å²) in [6, 6.07) is 9.17. The minimum atomic E-state index is -0.352. The quantitative estimate of drug-likeness (QED) is 0.700. The van der Waals surface area contributed by atoms with E-state index in [0.29, 0.717) is 29.5 Å². The normalized spacial score (nSPS) is 16.0. The molecule has 1 heterocycles. The highest BCUT2D eigenvalue weighted by atomic mass is 32.2. The first-order chi connectivity index (χ1) is 13.6. The lowest BCUT2D eigenvalue weighted by atomic mass is 10.1. The molecule has 3 rings (SSSR count). The van der Waals surface area contributed by atoms with Crippen molar-refractivity contribution in [1.29, 1.82) is 0 Å². The topological polar surface area (TPSA) is 57.2 Å². The van der Waals surface area contributed by atoms with Gasteiger partial charge in [0, 0.05) is 23.9 Å². The molecule has 0 radical (unpaired) electrons. The fourth-order valence-corrected chi connectivity index (χ4v) is 4.28. The van der Waals surface area contributed by atoms with E-state index in [2.05, 4.69) is 0 Å². The number of ether oxygens (including phenoxy) is 4. The average Bonchev–Trinajstić information content (AvgIpc) is 3.21. The van der Waals surface area contributed by atoms with E-state index >= 15 is 0 Å². The first kappa shape index (κ1) is 20.1. The lowest BCUT2D eigenvalue weighted by Gasteiger charge is -2.26. The van der Waals surface area contributed by atoms with Crippen molar-refractivity contribution in [2.45, 2.75) is 5.37 Å². The van der Waals surface area contributed by atoms with Gasteiger partial charge in [-0.05, 0) is 30.3 Å².